The van der Waals surface area contributed by atoms with Crippen LogP contribution in [0, 0.1) is 0 Å². The summed E-state index contributed by atoms with van der Waals surface area (Å²) in [5.74, 6) is -0.828. The van der Waals surface area contributed by atoms with Crippen LogP contribution in [-0.2, 0) is 28.6 Å². The third kappa shape index (κ3) is 67.1. The summed E-state index contributed by atoms with van der Waals surface area (Å²) in [6, 6.07) is 0. The maximum Gasteiger partial charge on any atom is 0.306 e. The van der Waals surface area contributed by atoms with E-state index in [1.807, 2.05) is 0 Å². The Balaban J connectivity index is 3.96. The molecule has 0 bridgehead atoms. The SMILES string of the molecule is CCCCCCCCCCCCCCCCCCCCCCCCCCCCCCCCCCCCC(=O)OCC(COC(=O)CCCCCCCCCCC)OC(=O)CCCCCCCCCCCCCCCCCCCC. The summed E-state index contributed by atoms with van der Waals surface area (Å²) < 4.78 is 16.9. The smallest absolute Gasteiger partial charge is 0.306 e. The van der Waals surface area contributed by atoms with Crippen LogP contribution >= 0.6 is 0 Å². The van der Waals surface area contributed by atoms with Crippen molar-refractivity contribution >= 4 is 17.9 Å². The Morgan fingerprint density at radius 1 is 0.203 bits per heavy atom. The van der Waals surface area contributed by atoms with Gasteiger partial charge in [0.2, 0.25) is 0 Å². The van der Waals surface area contributed by atoms with E-state index < -0.39 is 6.10 Å². The third-order valence-electron chi connectivity index (χ3n) is 17.1. The molecule has 0 aromatic carbocycles. The van der Waals surface area contributed by atoms with Gasteiger partial charge in [0.05, 0.1) is 0 Å². The van der Waals surface area contributed by atoms with Crippen molar-refractivity contribution < 1.29 is 28.6 Å². The van der Waals surface area contributed by atoms with E-state index in [4.69, 9.17) is 14.2 Å². The molecule has 79 heavy (non-hydrogen) atoms. The van der Waals surface area contributed by atoms with Crippen LogP contribution in [0.4, 0.5) is 0 Å². The van der Waals surface area contributed by atoms with E-state index in [0.29, 0.717) is 19.3 Å². The van der Waals surface area contributed by atoms with E-state index in [9.17, 15) is 14.4 Å². The molecule has 0 radical (unpaired) electrons. The molecule has 1 unspecified atom stereocenters. The van der Waals surface area contributed by atoms with Crippen molar-refractivity contribution in [3.8, 4) is 0 Å². The second-order valence-electron chi connectivity index (χ2n) is 25.2. The molecule has 0 aliphatic carbocycles. The highest BCUT2D eigenvalue weighted by Crippen LogP contribution is 2.20. The van der Waals surface area contributed by atoms with E-state index in [0.717, 1.165) is 57.8 Å². The first-order chi connectivity index (χ1) is 39.0. The third-order valence-corrected chi connectivity index (χ3v) is 17.1. The topological polar surface area (TPSA) is 78.9 Å². The van der Waals surface area contributed by atoms with Gasteiger partial charge in [-0.25, -0.2) is 0 Å². The standard InChI is InChI=1S/C73H142O6/c1-4-7-10-13-16-19-21-23-25-27-29-30-31-32-33-34-35-36-37-38-39-40-41-42-43-44-46-47-49-51-54-57-60-63-66-72(75)78-69-70(68-77-71(74)65-62-59-56-53-18-15-12-9-6-3)79-73(76)67-64-61-58-55-52-50-48-45-28-26-24-22-20-17-14-11-8-5-2/h70H,4-69H2,1-3H3. The van der Waals surface area contributed by atoms with Gasteiger partial charge >= 0.3 is 17.9 Å². The fraction of sp³-hybridized carbons (Fsp3) is 0.959. The number of unbranched alkanes of at least 4 members (excludes halogenated alkanes) is 58. The van der Waals surface area contributed by atoms with Gasteiger partial charge in [0, 0.05) is 19.3 Å². The zero-order valence-corrected chi connectivity index (χ0v) is 54.2. The maximum absolute atomic E-state index is 12.9. The number of carbonyl (C=O) groups excluding carboxylic acids is 3. The van der Waals surface area contributed by atoms with Crippen LogP contribution in [0.2, 0.25) is 0 Å². The van der Waals surface area contributed by atoms with E-state index in [-0.39, 0.29) is 31.1 Å². The Morgan fingerprint density at radius 2 is 0.342 bits per heavy atom. The van der Waals surface area contributed by atoms with Gasteiger partial charge in [0.25, 0.3) is 0 Å². The van der Waals surface area contributed by atoms with Crippen LogP contribution in [0.5, 0.6) is 0 Å². The first kappa shape index (κ1) is 77.4. The van der Waals surface area contributed by atoms with Crippen molar-refractivity contribution in [1.29, 1.82) is 0 Å². The largest absolute Gasteiger partial charge is 0.462 e. The Labute approximate surface area is 495 Å². The van der Waals surface area contributed by atoms with Gasteiger partial charge in [-0.05, 0) is 19.3 Å². The highest BCUT2D eigenvalue weighted by atomic mass is 16.6. The molecule has 0 amide bonds. The molecule has 470 valence electrons. The van der Waals surface area contributed by atoms with Crippen molar-refractivity contribution in [3.63, 3.8) is 0 Å². The molecule has 0 aliphatic rings. The summed E-state index contributed by atoms with van der Waals surface area (Å²) >= 11 is 0. The molecule has 0 aromatic rings. The second kappa shape index (κ2) is 68.9. The first-order valence-corrected chi connectivity index (χ1v) is 36.5. The summed E-state index contributed by atoms with van der Waals surface area (Å²) in [5.41, 5.74) is 0. The number of carbonyl (C=O) groups is 3. The van der Waals surface area contributed by atoms with E-state index >= 15 is 0 Å². The normalized spacial score (nSPS) is 11.9. The van der Waals surface area contributed by atoms with Gasteiger partial charge in [-0.3, -0.25) is 14.4 Å². The maximum atomic E-state index is 12.9. The molecule has 0 rings (SSSR count). The van der Waals surface area contributed by atoms with Crippen LogP contribution in [0.15, 0.2) is 0 Å². The quantitative estimate of drug-likeness (QED) is 0.0343. The summed E-state index contributed by atoms with van der Waals surface area (Å²) in [7, 11) is 0. The molecule has 0 aromatic heterocycles. The van der Waals surface area contributed by atoms with Gasteiger partial charge in [-0.1, -0.05) is 393 Å². The van der Waals surface area contributed by atoms with Crippen molar-refractivity contribution in [3.05, 3.63) is 0 Å². The molecule has 0 fully saturated rings. The molecule has 0 spiro atoms. The minimum atomic E-state index is -0.762. The van der Waals surface area contributed by atoms with Gasteiger partial charge in [-0.2, -0.15) is 0 Å². The number of rotatable bonds is 69. The van der Waals surface area contributed by atoms with Crippen LogP contribution in [0.25, 0.3) is 0 Å². The Morgan fingerprint density at radius 3 is 0.506 bits per heavy atom. The van der Waals surface area contributed by atoms with Crippen molar-refractivity contribution in [2.45, 2.75) is 438 Å². The first-order valence-electron chi connectivity index (χ1n) is 36.5. The molecule has 1 atom stereocenters. The Kier molecular flexibility index (Phi) is 67.5. The molecule has 0 heterocycles. The molecule has 6 nitrogen and oxygen atoms in total. The van der Waals surface area contributed by atoms with Crippen molar-refractivity contribution in [2.24, 2.45) is 0 Å². The van der Waals surface area contributed by atoms with Crippen LogP contribution in [0.1, 0.15) is 432 Å². The Bertz CT molecular complexity index is 1190. The van der Waals surface area contributed by atoms with Gasteiger partial charge in [0.1, 0.15) is 13.2 Å². The van der Waals surface area contributed by atoms with E-state index in [2.05, 4.69) is 20.8 Å². The highest BCUT2D eigenvalue weighted by Gasteiger charge is 2.20. The monoisotopic (exact) mass is 1120 g/mol. The molecular formula is C73H142O6. The summed E-state index contributed by atoms with van der Waals surface area (Å²) in [6.07, 6.45) is 81.8. The van der Waals surface area contributed by atoms with Crippen molar-refractivity contribution in [1.82, 2.24) is 0 Å². The lowest BCUT2D eigenvalue weighted by molar-refractivity contribution is -0.167. The summed E-state index contributed by atoms with van der Waals surface area (Å²) in [6.45, 7) is 6.71. The molecule has 6 heteroatoms. The van der Waals surface area contributed by atoms with Crippen LogP contribution in [0.3, 0.4) is 0 Å². The number of esters is 3. The van der Waals surface area contributed by atoms with Gasteiger partial charge in [0.15, 0.2) is 6.10 Å². The zero-order chi connectivity index (χ0) is 57.1. The Hall–Kier alpha value is -1.59. The van der Waals surface area contributed by atoms with Crippen LogP contribution in [-0.4, -0.2) is 37.2 Å². The minimum Gasteiger partial charge on any atom is -0.462 e. The second-order valence-corrected chi connectivity index (χ2v) is 25.2. The number of hydrogen-bond donors (Lipinski definition) is 0. The molecular weight excluding hydrogens is 973 g/mol. The average molecular weight is 1120 g/mol. The highest BCUT2D eigenvalue weighted by molar-refractivity contribution is 5.71. The van der Waals surface area contributed by atoms with Gasteiger partial charge < -0.3 is 14.2 Å². The van der Waals surface area contributed by atoms with E-state index in [1.165, 1.54) is 334 Å². The molecule has 0 aliphatic heterocycles. The molecule has 0 saturated carbocycles. The van der Waals surface area contributed by atoms with E-state index in [1.54, 1.807) is 0 Å². The zero-order valence-electron chi connectivity index (χ0n) is 54.2. The van der Waals surface area contributed by atoms with Gasteiger partial charge in [-0.15, -0.1) is 0 Å². The average Bonchev–Trinajstić information content (AvgIpc) is 3.45. The fourth-order valence-corrected chi connectivity index (χ4v) is 11.6. The lowest BCUT2D eigenvalue weighted by Crippen LogP contribution is -2.30. The lowest BCUT2D eigenvalue weighted by Gasteiger charge is -2.18. The number of ether oxygens (including phenoxy) is 3. The molecule has 0 saturated heterocycles. The predicted molar refractivity (Wildman–Crippen MR) is 344 cm³/mol. The predicted octanol–water partition coefficient (Wildman–Crippen LogP) is 25.0. The van der Waals surface area contributed by atoms with Crippen molar-refractivity contribution in [2.75, 3.05) is 13.2 Å². The minimum absolute atomic E-state index is 0.0608. The van der Waals surface area contributed by atoms with Crippen LogP contribution < -0.4 is 0 Å². The fourth-order valence-electron chi connectivity index (χ4n) is 11.6. The summed E-state index contributed by atoms with van der Waals surface area (Å²) in [5, 5.41) is 0. The molecule has 0 N–H and O–H groups in total. The summed E-state index contributed by atoms with van der Waals surface area (Å²) in [4.78, 5) is 38.2. The number of hydrogen-bond acceptors (Lipinski definition) is 6. The lowest BCUT2D eigenvalue weighted by atomic mass is 10.0.